The quantitative estimate of drug-likeness (QED) is 0.635. The van der Waals surface area contributed by atoms with Gasteiger partial charge in [-0.25, -0.2) is 5.43 Å². The van der Waals surface area contributed by atoms with Gasteiger partial charge in [-0.1, -0.05) is 0 Å². The van der Waals surface area contributed by atoms with Crippen molar-refractivity contribution in [1.29, 1.82) is 0 Å². The summed E-state index contributed by atoms with van der Waals surface area (Å²) in [4.78, 5) is 13.9. The smallest absolute Gasteiger partial charge is 0.254 e. The van der Waals surface area contributed by atoms with Crippen molar-refractivity contribution in [3.05, 3.63) is 29.8 Å². The number of hydrogen-bond donors (Lipinski definition) is 1. The van der Waals surface area contributed by atoms with Crippen molar-refractivity contribution in [2.24, 2.45) is 5.10 Å². The van der Waals surface area contributed by atoms with Crippen LogP contribution in [0.25, 0.3) is 0 Å². The molecule has 0 unspecified atom stereocenters. The Balaban J connectivity index is 1.84. The molecule has 0 saturated carbocycles. The Labute approximate surface area is 131 Å². The second-order valence-electron chi connectivity index (χ2n) is 5.08. The zero-order valence-electron chi connectivity index (χ0n) is 13.2. The maximum Gasteiger partial charge on any atom is 0.254 e. The maximum atomic E-state index is 11.9. The van der Waals surface area contributed by atoms with Crippen LogP contribution in [-0.4, -0.2) is 56.0 Å². The van der Waals surface area contributed by atoms with Crippen molar-refractivity contribution < 1.29 is 14.3 Å². The average molecular weight is 305 g/mol. The third kappa shape index (κ3) is 5.13. The molecule has 0 radical (unpaired) electrons. The minimum absolute atomic E-state index is 0.104. The number of carbonyl (C=O) groups is 1. The molecule has 0 aromatic heterocycles. The number of amides is 1. The Morgan fingerprint density at radius 3 is 2.64 bits per heavy atom. The number of hydrogen-bond acceptors (Lipinski definition) is 5. The molecule has 1 saturated heterocycles. The van der Waals surface area contributed by atoms with Crippen molar-refractivity contribution in [3.8, 4) is 5.75 Å². The number of hydrazone groups is 1. The highest BCUT2D eigenvalue weighted by Crippen LogP contribution is 2.12. The Morgan fingerprint density at radius 2 is 2.00 bits per heavy atom. The van der Waals surface area contributed by atoms with Gasteiger partial charge in [0.2, 0.25) is 0 Å². The lowest BCUT2D eigenvalue weighted by Gasteiger charge is -2.25. The number of nitrogens with zero attached hydrogens (tertiary/aromatic N) is 2. The highest BCUT2D eigenvalue weighted by atomic mass is 16.5. The molecule has 1 aliphatic heterocycles. The summed E-state index contributed by atoms with van der Waals surface area (Å²) in [5.74, 6) is 0.725. The summed E-state index contributed by atoms with van der Waals surface area (Å²) in [6, 6.07) is 7.65. The van der Waals surface area contributed by atoms with E-state index in [1.807, 2.05) is 38.1 Å². The number of morpholine rings is 1. The molecular weight excluding hydrogens is 282 g/mol. The molecule has 0 aliphatic carbocycles. The van der Waals surface area contributed by atoms with E-state index in [0.29, 0.717) is 26.4 Å². The maximum absolute atomic E-state index is 11.9. The molecule has 1 fully saturated rings. The Bertz CT molecular complexity index is 508. The molecule has 1 aromatic rings. The summed E-state index contributed by atoms with van der Waals surface area (Å²) in [6.07, 6.45) is 0. The van der Waals surface area contributed by atoms with Crippen LogP contribution < -0.4 is 10.2 Å². The van der Waals surface area contributed by atoms with Crippen LogP contribution in [0, 0.1) is 0 Å². The summed E-state index contributed by atoms with van der Waals surface area (Å²) in [5.41, 5.74) is 4.32. The summed E-state index contributed by atoms with van der Waals surface area (Å²) in [6.45, 7) is 7.75. The van der Waals surface area contributed by atoms with Crippen LogP contribution >= 0.6 is 0 Å². The third-order valence-electron chi connectivity index (χ3n) is 3.40. The van der Waals surface area contributed by atoms with Gasteiger partial charge >= 0.3 is 0 Å². The summed E-state index contributed by atoms with van der Waals surface area (Å²) < 4.78 is 10.7. The van der Waals surface area contributed by atoms with Gasteiger partial charge in [-0.15, -0.1) is 0 Å². The molecule has 1 aliphatic rings. The van der Waals surface area contributed by atoms with E-state index >= 15 is 0 Å². The summed E-state index contributed by atoms with van der Waals surface area (Å²) in [5, 5.41) is 4.15. The van der Waals surface area contributed by atoms with Crippen molar-refractivity contribution in [1.82, 2.24) is 10.3 Å². The number of benzene rings is 1. The van der Waals surface area contributed by atoms with Crippen LogP contribution in [0.5, 0.6) is 5.75 Å². The van der Waals surface area contributed by atoms with E-state index in [1.54, 1.807) is 0 Å². The number of nitrogens with one attached hydrogen (secondary N) is 1. The highest BCUT2D eigenvalue weighted by molar-refractivity contribution is 5.99. The molecule has 6 nitrogen and oxygen atoms in total. The van der Waals surface area contributed by atoms with E-state index in [-0.39, 0.29) is 5.91 Å². The van der Waals surface area contributed by atoms with Crippen LogP contribution in [0.4, 0.5) is 0 Å². The van der Waals surface area contributed by atoms with Crippen LogP contribution in [0.2, 0.25) is 0 Å². The molecular formula is C16H23N3O3. The van der Waals surface area contributed by atoms with Gasteiger partial charge in [0, 0.05) is 13.1 Å². The predicted molar refractivity (Wildman–Crippen MR) is 85.2 cm³/mol. The lowest BCUT2D eigenvalue weighted by Crippen LogP contribution is -2.42. The van der Waals surface area contributed by atoms with Gasteiger partial charge in [-0.3, -0.25) is 9.69 Å². The van der Waals surface area contributed by atoms with Crippen LogP contribution in [0.3, 0.4) is 0 Å². The van der Waals surface area contributed by atoms with Gasteiger partial charge in [-0.05, 0) is 43.7 Å². The van der Waals surface area contributed by atoms with Crippen molar-refractivity contribution in [3.63, 3.8) is 0 Å². The second-order valence-corrected chi connectivity index (χ2v) is 5.08. The van der Waals surface area contributed by atoms with Crippen LogP contribution in [-0.2, 0) is 9.53 Å². The van der Waals surface area contributed by atoms with Gasteiger partial charge in [0.15, 0.2) is 0 Å². The molecule has 1 N–H and O–H groups in total. The first-order valence-electron chi connectivity index (χ1n) is 7.55. The molecule has 2 rings (SSSR count). The Morgan fingerprint density at radius 1 is 1.32 bits per heavy atom. The first-order chi connectivity index (χ1) is 10.7. The molecule has 0 atom stereocenters. The molecule has 0 bridgehead atoms. The number of rotatable bonds is 6. The molecule has 1 amide bonds. The largest absolute Gasteiger partial charge is 0.494 e. The minimum atomic E-state index is -0.104. The first kappa shape index (κ1) is 16.5. The van der Waals surface area contributed by atoms with E-state index in [4.69, 9.17) is 9.47 Å². The van der Waals surface area contributed by atoms with E-state index in [0.717, 1.165) is 30.1 Å². The fourth-order valence-corrected chi connectivity index (χ4v) is 2.17. The van der Waals surface area contributed by atoms with Gasteiger partial charge < -0.3 is 9.47 Å². The molecule has 120 valence electrons. The summed E-state index contributed by atoms with van der Waals surface area (Å²) in [7, 11) is 0. The number of ether oxygens (including phenoxy) is 2. The molecule has 22 heavy (non-hydrogen) atoms. The molecule has 1 heterocycles. The number of carbonyl (C=O) groups excluding carboxylic acids is 1. The Hall–Kier alpha value is -1.92. The zero-order chi connectivity index (χ0) is 15.8. The predicted octanol–water partition coefficient (Wildman–Crippen LogP) is 1.26. The fraction of sp³-hybridized carbons (Fsp3) is 0.500. The van der Waals surface area contributed by atoms with Gasteiger partial charge in [0.1, 0.15) is 5.75 Å². The minimum Gasteiger partial charge on any atom is -0.494 e. The topological polar surface area (TPSA) is 63.2 Å². The van der Waals surface area contributed by atoms with Gasteiger partial charge in [0.05, 0.1) is 32.1 Å². The Kier molecular flexibility index (Phi) is 6.36. The van der Waals surface area contributed by atoms with Crippen LogP contribution in [0.15, 0.2) is 29.4 Å². The standard InChI is InChI=1S/C16H23N3O3/c1-3-22-15-6-4-14(5-7-15)13(2)17-18-16(20)12-19-8-10-21-11-9-19/h4-7H,3,8-12H2,1-2H3,(H,18,20)/b17-13+. The SMILES string of the molecule is CCOc1ccc(/C(C)=N/NC(=O)CN2CCOCC2)cc1. The first-order valence-corrected chi connectivity index (χ1v) is 7.55. The van der Waals surface area contributed by atoms with Crippen molar-refractivity contribution in [2.75, 3.05) is 39.5 Å². The normalized spacial score (nSPS) is 16.4. The van der Waals surface area contributed by atoms with E-state index in [2.05, 4.69) is 15.4 Å². The van der Waals surface area contributed by atoms with E-state index in [9.17, 15) is 4.79 Å². The lowest BCUT2D eigenvalue weighted by atomic mass is 10.1. The average Bonchev–Trinajstić information content (AvgIpc) is 2.54. The van der Waals surface area contributed by atoms with E-state index < -0.39 is 0 Å². The van der Waals surface area contributed by atoms with Gasteiger partial charge in [-0.2, -0.15) is 5.10 Å². The molecule has 1 aromatic carbocycles. The van der Waals surface area contributed by atoms with Gasteiger partial charge in [0.25, 0.3) is 5.91 Å². The summed E-state index contributed by atoms with van der Waals surface area (Å²) >= 11 is 0. The third-order valence-corrected chi connectivity index (χ3v) is 3.40. The second kappa shape index (κ2) is 8.51. The van der Waals surface area contributed by atoms with Crippen LogP contribution in [0.1, 0.15) is 19.4 Å². The monoisotopic (exact) mass is 305 g/mol. The lowest BCUT2D eigenvalue weighted by molar-refractivity contribution is -0.123. The van der Waals surface area contributed by atoms with Crippen molar-refractivity contribution in [2.45, 2.75) is 13.8 Å². The van der Waals surface area contributed by atoms with E-state index in [1.165, 1.54) is 0 Å². The highest BCUT2D eigenvalue weighted by Gasteiger charge is 2.13. The fourth-order valence-electron chi connectivity index (χ4n) is 2.17. The molecule has 6 heteroatoms. The van der Waals surface area contributed by atoms with Crippen molar-refractivity contribution >= 4 is 11.6 Å². The zero-order valence-corrected chi connectivity index (χ0v) is 13.2. The molecule has 0 spiro atoms.